The normalized spacial score (nSPS) is 41.9. The first-order chi connectivity index (χ1) is 14.2. The average Bonchev–Trinajstić information content (AvgIpc) is 3.03. The van der Waals surface area contributed by atoms with Crippen LogP contribution in [-0.2, 0) is 0 Å². The van der Waals surface area contributed by atoms with Crippen LogP contribution in [0.15, 0.2) is 11.3 Å². The Morgan fingerprint density at radius 1 is 1.03 bits per heavy atom. The molecule has 0 bridgehead atoms. The largest absolute Gasteiger partial charge is 0.259 e. The van der Waals surface area contributed by atoms with Gasteiger partial charge in [0.2, 0.25) is 5.70 Å². The lowest BCUT2D eigenvalue weighted by atomic mass is 9.46. The first kappa shape index (κ1) is 22.3. The van der Waals surface area contributed by atoms with Gasteiger partial charge < -0.3 is 0 Å². The van der Waals surface area contributed by atoms with E-state index in [1.807, 2.05) is 0 Å². The van der Waals surface area contributed by atoms with E-state index in [1.54, 1.807) is 0 Å². The molecule has 3 heteroatoms. The van der Waals surface area contributed by atoms with Gasteiger partial charge in [-0.15, -0.1) is 0 Å². The van der Waals surface area contributed by atoms with Crippen molar-refractivity contribution in [1.29, 1.82) is 0 Å². The number of nitrogens with zero attached hydrogens (tertiary/aromatic N) is 1. The molecule has 0 N–H and O–H groups in total. The second-order valence-corrected chi connectivity index (χ2v) is 12.4. The summed E-state index contributed by atoms with van der Waals surface area (Å²) in [7, 11) is 0. The predicted octanol–water partition coefficient (Wildman–Crippen LogP) is 8.02. The highest BCUT2D eigenvalue weighted by molar-refractivity contribution is 5.27. The second kappa shape index (κ2) is 8.24. The molecule has 0 aromatic rings. The molecule has 0 unspecified atom stereocenters. The zero-order chi connectivity index (χ0) is 21.7. The van der Waals surface area contributed by atoms with Crippen LogP contribution in [0.4, 0.5) is 0 Å². The average molecular weight is 416 g/mol. The molecule has 170 valence electrons. The van der Waals surface area contributed by atoms with Crippen molar-refractivity contribution >= 4 is 0 Å². The van der Waals surface area contributed by atoms with Crippen LogP contribution in [0, 0.1) is 56.5 Å². The Morgan fingerprint density at radius 2 is 1.80 bits per heavy atom. The fourth-order valence-corrected chi connectivity index (χ4v) is 9.03. The maximum Gasteiger partial charge on any atom is 0.246 e. The van der Waals surface area contributed by atoms with Gasteiger partial charge in [0.15, 0.2) is 0 Å². The predicted molar refractivity (Wildman–Crippen MR) is 124 cm³/mol. The summed E-state index contributed by atoms with van der Waals surface area (Å²) in [5, 5.41) is 12.1. The first-order valence-electron chi connectivity index (χ1n) is 13.1. The third kappa shape index (κ3) is 3.56. The fourth-order valence-electron chi connectivity index (χ4n) is 9.03. The number of rotatable bonds is 6. The summed E-state index contributed by atoms with van der Waals surface area (Å²) in [6, 6.07) is 0. The van der Waals surface area contributed by atoms with Crippen molar-refractivity contribution in [2.45, 2.75) is 112 Å². The molecular weight excluding hydrogens is 370 g/mol. The van der Waals surface area contributed by atoms with Gasteiger partial charge in [0.1, 0.15) is 0 Å². The Hall–Kier alpha value is -0.860. The molecule has 3 saturated carbocycles. The molecule has 3 fully saturated rings. The van der Waals surface area contributed by atoms with Gasteiger partial charge in [-0.05, 0) is 91.3 Å². The van der Waals surface area contributed by atoms with Gasteiger partial charge in [-0.25, -0.2) is 0 Å². The van der Waals surface area contributed by atoms with Gasteiger partial charge in [-0.3, -0.25) is 10.1 Å². The van der Waals surface area contributed by atoms with Crippen LogP contribution in [-0.4, -0.2) is 4.92 Å². The van der Waals surface area contributed by atoms with E-state index in [1.165, 1.54) is 63.4 Å². The summed E-state index contributed by atoms with van der Waals surface area (Å²) in [6.07, 6.45) is 14.7. The third-order valence-corrected chi connectivity index (χ3v) is 10.5. The zero-order valence-corrected chi connectivity index (χ0v) is 20.2. The maximum absolute atomic E-state index is 12.1. The summed E-state index contributed by atoms with van der Waals surface area (Å²) < 4.78 is 0. The van der Waals surface area contributed by atoms with E-state index >= 15 is 0 Å². The second-order valence-electron chi connectivity index (χ2n) is 12.4. The lowest BCUT2D eigenvalue weighted by Gasteiger charge is -2.57. The highest BCUT2D eigenvalue weighted by Crippen LogP contribution is 2.68. The van der Waals surface area contributed by atoms with Crippen LogP contribution in [0.3, 0.4) is 0 Å². The van der Waals surface area contributed by atoms with E-state index in [-0.39, 0.29) is 10.3 Å². The molecular formula is C27H45NO2. The summed E-state index contributed by atoms with van der Waals surface area (Å²) in [6.45, 7) is 12.2. The molecule has 4 rings (SSSR count). The van der Waals surface area contributed by atoms with E-state index in [2.05, 4.69) is 34.6 Å². The van der Waals surface area contributed by atoms with Crippen LogP contribution in [0.2, 0.25) is 0 Å². The molecule has 3 nitrogen and oxygen atoms in total. The minimum atomic E-state index is 0.0159. The Labute approximate surface area is 184 Å². The van der Waals surface area contributed by atoms with Gasteiger partial charge in [0.25, 0.3) is 0 Å². The zero-order valence-electron chi connectivity index (χ0n) is 20.2. The molecule has 0 radical (unpaired) electrons. The topological polar surface area (TPSA) is 43.1 Å². The minimum Gasteiger partial charge on any atom is -0.259 e. The Bertz CT molecular complexity index is 697. The maximum atomic E-state index is 12.1. The van der Waals surface area contributed by atoms with Crippen LogP contribution in [0.5, 0.6) is 0 Å². The van der Waals surface area contributed by atoms with Crippen molar-refractivity contribution in [3.8, 4) is 0 Å². The van der Waals surface area contributed by atoms with Gasteiger partial charge in [0.05, 0.1) is 4.92 Å². The van der Waals surface area contributed by atoms with Crippen LogP contribution >= 0.6 is 0 Å². The Balaban J connectivity index is 1.57. The van der Waals surface area contributed by atoms with Gasteiger partial charge in [-0.1, -0.05) is 60.3 Å². The quantitative estimate of drug-likeness (QED) is 0.325. The van der Waals surface area contributed by atoms with E-state index in [4.69, 9.17) is 0 Å². The highest BCUT2D eigenvalue weighted by Gasteiger charge is 2.61. The fraction of sp³-hybridized carbons (Fsp3) is 0.926. The summed E-state index contributed by atoms with van der Waals surface area (Å²) in [5.74, 6) is 4.35. The van der Waals surface area contributed by atoms with Gasteiger partial charge in [0, 0.05) is 12.0 Å². The van der Waals surface area contributed by atoms with E-state index in [9.17, 15) is 10.1 Å². The Morgan fingerprint density at radius 3 is 2.50 bits per heavy atom. The standard InChI is InChI=1S/C27H45NO2/c1-18(2)9-8-10-19(3)21-12-13-22-20-17-25(28(29)30)24-11-6-7-15-26(24,4)23(20)14-16-27(21,22)5/h18-23H,6-17H2,1-5H3/t19-,20-,21+,22-,23-,26+,27+/m0/s1. The number of hydrogen-bond acceptors (Lipinski definition) is 2. The lowest BCUT2D eigenvalue weighted by molar-refractivity contribution is -0.434. The number of hydrogen-bond donors (Lipinski definition) is 0. The molecule has 0 heterocycles. The summed E-state index contributed by atoms with van der Waals surface area (Å²) >= 11 is 0. The minimum absolute atomic E-state index is 0.0159. The van der Waals surface area contributed by atoms with Crippen LogP contribution in [0.1, 0.15) is 112 Å². The molecule has 0 aliphatic heterocycles. The molecule has 4 aliphatic rings. The monoisotopic (exact) mass is 415 g/mol. The van der Waals surface area contributed by atoms with Crippen molar-refractivity contribution in [2.24, 2.45) is 46.3 Å². The van der Waals surface area contributed by atoms with E-state index in [0.717, 1.165) is 37.0 Å². The number of allylic oxidation sites excluding steroid dienone is 2. The molecule has 7 atom stereocenters. The van der Waals surface area contributed by atoms with Crippen molar-refractivity contribution < 1.29 is 4.92 Å². The van der Waals surface area contributed by atoms with Crippen molar-refractivity contribution in [3.63, 3.8) is 0 Å². The first-order valence-corrected chi connectivity index (χ1v) is 13.1. The van der Waals surface area contributed by atoms with Crippen molar-refractivity contribution in [2.75, 3.05) is 0 Å². The smallest absolute Gasteiger partial charge is 0.246 e. The van der Waals surface area contributed by atoms with Gasteiger partial charge >= 0.3 is 0 Å². The van der Waals surface area contributed by atoms with E-state index in [0.29, 0.717) is 28.9 Å². The van der Waals surface area contributed by atoms with Gasteiger partial charge in [-0.2, -0.15) is 0 Å². The van der Waals surface area contributed by atoms with Crippen molar-refractivity contribution in [3.05, 3.63) is 21.4 Å². The lowest BCUT2D eigenvalue weighted by Crippen LogP contribution is -2.51. The molecule has 4 aliphatic carbocycles. The number of fused-ring (bicyclic) bond motifs is 5. The van der Waals surface area contributed by atoms with E-state index < -0.39 is 0 Å². The van der Waals surface area contributed by atoms with Crippen LogP contribution in [0.25, 0.3) is 0 Å². The highest BCUT2D eigenvalue weighted by atomic mass is 16.6. The van der Waals surface area contributed by atoms with Crippen LogP contribution < -0.4 is 0 Å². The third-order valence-electron chi connectivity index (χ3n) is 10.5. The summed E-state index contributed by atoms with van der Waals surface area (Å²) in [5.41, 5.74) is 2.39. The Kier molecular flexibility index (Phi) is 6.14. The SMILES string of the molecule is CC(C)CCC[C@H](C)[C@H]1CC[C@H]2[C@@H]3CC([N+](=O)[O-])=C4CCCC[C@]4(C)[C@H]3CC[C@]12C. The number of nitro groups is 1. The van der Waals surface area contributed by atoms with Crippen molar-refractivity contribution in [1.82, 2.24) is 0 Å². The molecule has 0 spiro atoms. The summed E-state index contributed by atoms with van der Waals surface area (Å²) in [4.78, 5) is 12.1. The molecule has 0 saturated heterocycles. The molecule has 0 aromatic carbocycles. The molecule has 0 aromatic heterocycles. The molecule has 0 amide bonds. The molecule has 30 heavy (non-hydrogen) atoms.